The number of carboxylic acid groups (broad SMARTS) is 1. The maximum absolute atomic E-state index is 12.3. The van der Waals surface area contributed by atoms with Crippen molar-refractivity contribution in [2.24, 2.45) is 0 Å². The number of non-ortho nitro benzene ring substituents is 2. The van der Waals surface area contributed by atoms with Gasteiger partial charge in [-0.05, 0) is 18.4 Å². The minimum absolute atomic E-state index is 0.0854. The molecule has 0 spiro atoms. The summed E-state index contributed by atoms with van der Waals surface area (Å²) in [6, 6.07) is 10.2. The maximum Gasteiger partial charge on any atom is 0.326 e. The Bertz CT molecular complexity index is 851. The van der Waals surface area contributed by atoms with E-state index < -0.39 is 39.1 Å². The normalized spacial score (nSPS) is 11.4. The van der Waals surface area contributed by atoms with Crippen LogP contribution < -0.4 is 5.32 Å². The van der Waals surface area contributed by atoms with Crippen LogP contribution in [0.5, 0.6) is 0 Å². The number of aryl methyl sites for hydroxylation is 1. The molecule has 0 fully saturated rings. The van der Waals surface area contributed by atoms with Gasteiger partial charge in [-0.25, -0.2) is 4.79 Å². The minimum atomic E-state index is -1.28. The predicted molar refractivity (Wildman–Crippen MR) is 93.4 cm³/mol. The molecule has 10 nitrogen and oxygen atoms in total. The molecule has 1 amide bonds. The second kappa shape index (κ2) is 8.52. The van der Waals surface area contributed by atoms with E-state index in [0.717, 1.165) is 23.8 Å². The van der Waals surface area contributed by atoms with Crippen LogP contribution in [0.3, 0.4) is 0 Å². The Hall–Kier alpha value is -3.82. The van der Waals surface area contributed by atoms with Crippen molar-refractivity contribution in [1.82, 2.24) is 5.32 Å². The van der Waals surface area contributed by atoms with E-state index in [1.807, 2.05) is 18.2 Å². The van der Waals surface area contributed by atoms with E-state index in [1.54, 1.807) is 12.1 Å². The first kappa shape index (κ1) is 19.5. The monoisotopic (exact) mass is 373 g/mol. The summed E-state index contributed by atoms with van der Waals surface area (Å²) in [5.74, 6) is -2.22. The Kier molecular flexibility index (Phi) is 6.15. The Balaban J connectivity index is 2.18. The Morgan fingerprint density at radius 3 is 2.04 bits per heavy atom. The number of nitro benzene ring substituents is 2. The molecule has 2 N–H and O–H groups in total. The Labute approximate surface area is 152 Å². The average Bonchev–Trinajstić information content (AvgIpc) is 2.65. The lowest BCUT2D eigenvalue weighted by Crippen LogP contribution is -2.41. The molecule has 2 aromatic rings. The van der Waals surface area contributed by atoms with Gasteiger partial charge in [0.15, 0.2) is 0 Å². The van der Waals surface area contributed by atoms with Crippen molar-refractivity contribution in [3.05, 3.63) is 79.9 Å². The lowest BCUT2D eigenvalue weighted by molar-refractivity contribution is -0.394. The molecular formula is C17H15N3O7. The van der Waals surface area contributed by atoms with Crippen LogP contribution in [-0.4, -0.2) is 32.9 Å². The fraction of sp³-hybridized carbons (Fsp3) is 0.176. The van der Waals surface area contributed by atoms with Crippen LogP contribution >= 0.6 is 0 Å². The summed E-state index contributed by atoms with van der Waals surface area (Å²) in [5.41, 5.74) is -0.748. The summed E-state index contributed by atoms with van der Waals surface area (Å²) in [7, 11) is 0. The average molecular weight is 373 g/mol. The molecule has 0 heterocycles. The molecule has 0 aliphatic carbocycles. The van der Waals surface area contributed by atoms with Gasteiger partial charge in [-0.15, -0.1) is 0 Å². The summed E-state index contributed by atoms with van der Waals surface area (Å²) in [5, 5.41) is 33.3. The number of hydrogen-bond acceptors (Lipinski definition) is 6. The number of rotatable bonds is 8. The van der Waals surface area contributed by atoms with Crippen LogP contribution in [0.4, 0.5) is 11.4 Å². The van der Waals surface area contributed by atoms with Gasteiger partial charge in [0.25, 0.3) is 17.3 Å². The highest BCUT2D eigenvalue weighted by atomic mass is 16.6. The molecule has 1 atom stereocenters. The topological polar surface area (TPSA) is 153 Å². The largest absolute Gasteiger partial charge is 0.480 e. The van der Waals surface area contributed by atoms with Crippen molar-refractivity contribution in [3.8, 4) is 0 Å². The highest BCUT2D eigenvalue weighted by molar-refractivity contribution is 5.97. The molecule has 0 aromatic heterocycles. The van der Waals surface area contributed by atoms with Gasteiger partial charge in [-0.1, -0.05) is 30.3 Å². The fourth-order valence-corrected chi connectivity index (χ4v) is 2.39. The van der Waals surface area contributed by atoms with Gasteiger partial charge in [0.1, 0.15) is 6.04 Å². The van der Waals surface area contributed by atoms with E-state index in [9.17, 15) is 34.9 Å². The molecule has 1 unspecified atom stereocenters. The standard InChI is InChI=1S/C17H15N3O7/c21-16(12-8-13(19(24)25)10-14(9-12)20(26)27)18-15(17(22)23)7-6-11-4-2-1-3-5-11/h1-5,8-10,15H,6-7H2,(H,18,21)(H,22,23). The number of carbonyl (C=O) groups is 2. The molecular weight excluding hydrogens is 358 g/mol. The van der Waals surface area contributed by atoms with Crippen LogP contribution in [0.15, 0.2) is 48.5 Å². The van der Waals surface area contributed by atoms with E-state index in [1.165, 1.54) is 0 Å². The molecule has 2 rings (SSSR count). The van der Waals surface area contributed by atoms with Crippen LogP contribution in [0, 0.1) is 20.2 Å². The highest BCUT2D eigenvalue weighted by Gasteiger charge is 2.24. The third-order valence-corrected chi connectivity index (χ3v) is 3.75. The number of amides is 1. The second-order valence-electron chi connectivity index (χ2n) is 5.64. The lowest BCUT2D eigenvalue weighted by atomic mass is 10.0. The Morgan fingerprint density at radius 2 is 1.56 bits per heavy atom. The first-order valence-electron chi connectivity index (χ1n) is 7.79. The zero-order valence-electron chi connectivity index (χ0n) is 13.9. The predicted octanol–water partition coefficient (Wildman–Crippen LogP) is 2.32. The van der Waals surface area contributed by atoms with Gasteiger partial charge >= 0.3 is 5.97 Å². The number of nitro groups is 2. The lowest BCUT2D eigenvalue weighted by Gasteiger charge is -2.14. The van der Waals surface area contributed by atoms with E-state index in [2.05, 4.69) is 5.32 Å². The Morgan fingerprint density at radius 1 is 1.00 bits per heavy atom. The number of nitrogens with zero attached hydrogens (tertiary/aromatic N) is 2. The van der Waals surface area contributed by atoms with Gasteiger partial charge in [-0.3, -0.25) is 25.0 Å². The van der Waals surface area contributed by atoms with Crippen molar-refractivity contribution < 1.29 is 24.5 Å². The van der Waals surface area contributed by atoms with E-state index >= 15 is 0 Å². The van der Waals surface area contributed by atoms with E-state index in [-0.39, 0.29) is 12.0 Å². The molecule has 0 bridgehead atoms. The van der Waals surface area contributed by atoms with Gasteiger partial charge in [0.2, 0.25) is 0 Å². The van der Waals surface area contributed by atoms with Gasteiger partial charge in [0, 0.05) is 12.1 Å². The molecule has 0 saturated heterocycles. The van der Waals surface area contributed by atoms with Crippen molar-refractivity contribution in [3.63, 3.8) is 0 Å². The van der Waals surface area contributed by atoms with Gasteiger partial charge < -0.3 is 10.4 Å². The van der Waals surface area contributed by atoms with Gasteiger partial charge in [-0.2, -0.15) is 0 Å². The molecule has 10 heteroatoms. The van der Waals surface area contributed by atoms with Crippen LogP contribution in [0.1, 0.15) is 22.3 Å². The molecule has 140 valence electrons. The second-order valence-corrected chi connectivity index (χ2v) is 5.64. The summed E-state index contributed by atoms with van der Waals surface area (Å²) in [4.78, 5) is 43.8. The molecule has 0 radical (unpaired) electrons. The molecule has 0 aliphatic heterocycles. The number of nitrogens with one attached hydrogen (secondary N) is 1. The molecule has 0 aliphatic rings. The summed E-state index contributed by atoms with van der Waals surface area (Å²) >= 11 is 0. The number of benzene rings is 2. The number of hydrogen-bond donors (Lipinski definition) is 2. The van der Waals surface area contributed by atoms with Crippen molar-refractivity contribution >= 4 is 23.3 Å². The summed E-state index contributed by atoms with van der Waals surface area (Å²) < 4.78 is 0. The van der Waals surface area contributed by atoms with Gasteiger partial charge in [0.05, 0.1) is 21.5 Å². The quantitative estimate of drug-likeness (QED) is 0.532. The highest BCUT2D eigenvalue weighted by Crippen LogP contribution is 2.22. The third kappa shape index (κ3) is 5.33. The van der Waals surface area contributed by atoms with Crippen molar-refractivity contribution in [2.75, 3.05) is 0 Å². The van der Waals surface area contributed by atoms with Crippen LogP contribution in [-0.2, 0) is 11.2 Å². The number of carboxylic acids is 1. The number of carbonyl (C=O) groups excluding carboxylic acids is 1. The first-order valence-corrected chi connectivity index (χ1v) is 7.79. The van der Waals surface area contributed by atoms with Crippen LogP contribution in [0.2, 0.25) is 0 Å². The molecule has 27 heavy (non-hydrogen) atoms. The van der Waals surface area contributed by atoms with Crippen LogP contribution in [0.25, 0.3) is 0 Å². The van der Waals surface area contributed by atoms with E-state index in [4.69, 9.17) is 0 Å². The number of aliphatic carboxylic acids is 1. The molecule has 0 saturated carbocycles. The summed E-state index contributed by atoms with van der Waals surface area (Å²) in [6.07, 6.45) is 0.468. The SMILES string of the molecule is O=C(NC(CCc1ccccc1)C(=O)O)c1cc([N+](=O)[O-])cc([N+](=O)[O-])c1. The zero-order valence-corrected chi connectivity index (χ0v) is 13.9. The van der Waals surface area contributed by atoms with Crippen molar-refractivity contribution in [2.45, 2.75) is 18.9 Å². The third-order valence-electron chi connectivity index (χ3n) is 3.75. The maximum atomic E-state index is 12.3. The first-order chi connectivity index (χ1) is 12.8. The fourth-order valence-electron chi connectivity index (χ4n) is 2.39. The van der Waals surface area contributed by atoms with E-state index in [0.29, 0.717) is 6.42 Å². The smallest absolute Gasteiger partial charge is 0.326 e. The summed E-state index contributed by atoms with van der Waals surface area (Å²) in [6.45, 7) is 0. The molecule has 2 aromatic carbocycles. The van der Waals surface area contributed by atoms with Crippen molar-refractivity contribution in [1.29, 1.82) is 0 Å². The minimum Gasteiger partial charge on any atom is -0.480 e. The zero-order chi connectivity index (χ0) is 20.0.